The molecule has 1 aliphatic heterocycles. The van der Waals surface area contributed by atoms with Crippen LogP contribution in [-0.4, -0.2) is 35.2 Å². The Morgan fingerprint density at radius 1 is 1.37 bits per heavy atom. The van der Waals surface area contributed by atoms with Gasteiger partial charge in [-0.15, -0.1) is 0 Å². The summed E-state index contributed by atoms with van der Waals surface area (Å²) < 4.78 is 5.78. The minimum atomic E-state index is 0.00343. The average Bonchev–Trinajstić information content (AvgIpc) is 2.27. The Labute approximate surface area is 120 Å². The Bertz CT molecular complexity index is 453. The molecule has 2 rings (SSSR count). The maximum atomic E-state index is 5.99. The second-order valence-corrected chi connectivity index (χ2v) is 5.90. The van der Waals surface area contributed by atoms with Gasteiger partial charge < -0.3 is 10.5 Å². The van der Waals surface area contributed by atoms with Gasteiger partial charge in [-0.05, 0) is 26.3 Å². The fourth-order valence-corrected chi connectivity index (χ4v) is 3.11. The minimum Gasteiger partial charge on any atom is -0.392 e. The molecule has 3 atom stereocenters. The lowest BCUT2D eigenvalue weighted by molar-refractivity contribution is -0.0736. The summed E-state index contributed by atoms with van der Waals surface area (Å²) in [5, 5.41) is 0. The smallest absolute Gasteiger partial charge is 0.0948 e. The Morgan fingerprint density at radius 3 is 2.53 bits per heavy atom. The maximum absolute atomic E-state index is 5.99. The number of ether oxygens (including phenoxy) is 1. The summed E-state index contributed by atoms with van der Waals surface area (Å²) in [5.41, 5.74) is 8.39. The molecule has 1 aromatic carbocycles. The molecule has 0 bridgehead atoms. The van der Waals surface area contributed by atoms with Crippen molar-refractivity contribution >= 4 is 17.2 Å². The monoisotopic (exact) mass is 278 g/mol. The van der Waals surface area contributed by atoms with Crippen molar-refractivity contribution in [3.05, 3.63) is 35.4 Å². The number of nitrogens with zero attached hydrogens (tertiary/aromatic N) is 1. The molecular weight excluding hydrogens is 256 g/mol. The minimum absolute atomic E-state index is 0.00343. The fourth-order valence-electron chi connectivity index (χ4n) is 2.82. The maximum Gasteiger partial charge on any atom is 0.0948 e. The van der Waals surface area contributed by atoms with E-state index in [9.17, 15) is 0 Å². The molecule has 3 nitrogen and oxygen atoms in total. The van der Waals surface area contributed by atoms with Crippen LogP contribution in [0.4, 0.5) is 0 Å². The van der Waals surface area contributed by atoms with Gasteiger partial charge in [-0.1, -0.05) is 42.0 Å². The average molecular weight is 278 g/mol. The van der Waals surface area contributed by atoms with E-state index in [1.807, 2.05) is 0 Å². The number of hydrogen-bond donors (Lipinski definition) is 1. The number of benzene rings is 1. The molecule has 1 saturated heterocycles. The normalized spacial score (nSPS) is 26.1. The van der Waals surface area contributed by atoms with Gasteiger partial charge in [0.2, 0.25) is 0 Å². The Hall–Kier alpha value is -0.970. The van der Waals surface area contributed by atoms with E-state index in [-0.39, 0.29) is 18.2 Å². The highest BCUT2D eigenvalue weighted by atomic mass is 32.1. The molecule has 1 fully saturated rings. The quantitative estimate of drug-likeness (QED) is 0.862. The lowest BCUT2D eigenvalue weighted by Crippen LogP contribution is -2.49. The molecule has 1 aliphatic rings. The third-order valence-electron chi connectivity index (χ3n) is 3.44. The number of thiocarbonyl (C=S) groups is 1. The molecule has 0 spiro atoms. The zero-order valence-electron chi connectivity index (χ0n) is 11.8. The van der Waals surface area contributed by atoms with E-state index < -0.39 is 0 Å². The molecule has 0 aliphatic carbocycles. The van der Waals surface area contributed by atoms with Crippen LogP contribution in [0.25, 0.3) is 0 Å². The SMILES string of the molecule is Cc1cccc(C(C(N)=S)N2CC(C)OC(C)C2)c1. The van der Waals surface area contributed by atoms with Gasteiger partial charge in [-0.3, -0.25) is 4.90 Å². The molecule has 2 N–H and O–H groups in total. The second-order valence-electron chi connectivity index (χ2n) is 5.43. The molecule has 19 heavy (non-hydrogen) atoms. The van der Waals surface area contributed by atoms with Crippen molar-refractivity contribution in [2.75, 3.05) is 13.1 Å². The topological polar surface area (TPSA) is 38.5 Å². The van der Waals surface area contributed by atoms with E-state index in [1.165, 1.54) is 11.1 Å². The first kappa shape index (κ1) is 14.4. The van der Waals surface area contributed by atoms with Crippen molar-refractivity contribution in [3.8, 4) is 0 Å². The van der Waals surface area contributed by atoms with Crippen molar-refractivity contribution in [2.24, 2.45) is 5.73 Å². The van der Waals surface area contributed by atoms with Crippen LogP contribution in [0.1, 0.15) is 31.0 Å². The molecule has 104 valence electrons. The molecular formula is C15H22N2OS. The molecule has 0 aromatic heterocycles. The summed E-state index contributed by atoms with van der Waals surface area (Å²) in [5.74, 6) is 0. The second kappa shape index (κ2) is 5.99. The third kappa shape index (κ3) is 3.53. The van der Waals surface area contributed by atoms with Gasteiger partial charge in [0.1, 0.15) is 0 Å². The molecule has 1 aromatic rings. The van der Waals surface area contributed by atoms with E-state index in [4.69, 9.17) is 22.7 Å². The Kier molecular flexibility index (Phi) is 4.55. The first-order chi connectivity index (χ1) is 8.97. The van der Waals surface area contributed by atoms with Gasteiger partial charge in [0.25, 0.3) is 0 Å². The summed E-state index contributed by atoms with van der Waals surface area (Å²) in [6.07, 6.45) is 0.427. The van der Waals surface area contributed by atoms with Crippen molar-refractivity contribution in [3.63, 3.8) is 0 Å². The van der Waals surface area contributed by atoms with Gasteiger partial charge >= 0.3 is 0 Å². The van der Waals surface area contributed by atoms with Crippen molar-refractivity contribution < 1.29 is 4.74 Å². The van der Waals surface area contributed by atoms with Crippen molar-refractivity contribution in [1.29, 1.82) is 0 Å². The Morgan fingerprint density at radius 2 is 2.00 bits per heavy atom. The van der Waals surface area contributed by atoms with Crippen molar-refractivity contribution in [1.82, 2.24) is 4.90 Å². The van der Waals surface area contributed by atoms with Crippen LogP contribution in [0.2, 0.25) is 0 Å². The number of aryl methyl sites for hydroxylation is 1. The molecule has 0 saturated carbocycles. The highest BCUT2D eigenvalue weighted by Gasteiger charge is 2.30. The van der Waals surface area contributed by atoms with E-state index in [2.05, 4.69) is 49.9 Å². The zero-order valence-corrected chi connectivity index (χ0v) is 12.6. The fraction of sp³-hybridized carbons (Fsp3) is 0.533. The van der Waals surface area contributed by atoms with Gasteiger partial charge in [-0.2, -0.15) is 0 Å². The molecule has 3 unspecified atom stereocenters. The van der Waals surface area contributed by atoms with Crippen LogP contribution in [0, 0.1) is 6.92 Å². The lowest BCUT2D eigenvalue weighted by atomic mass is 10.0. The molecule has 4 heteroatoms. The van der Waals surface area contributed by atoms with Crippen molar-refractivity contribution in [2.45, 2.75) is 39.0 Å². The standard InChI is InChI=1S/C15H22N2OS/c1-10-5-4-6-13(7-10)14(15(16)19)17-8-11(2)18-12(3)9-17/h4-7,11-12,14H,8-9H2,1-3H3,(H2,16,19). The summed E-state index contributed by atoms with van der Waals surface area (Å²) in [7, 11) is 0. The van der Waals surface area contributed by atoms with Crippen LogP contribution in [0.5, 0.6) is 0 Å². The Balaban J connectivity index is 2.27. The summed E-state index contributed by atoms with van der Waals surface area (Å²) >= 11 is 5.30. The highest BCUT2D eigenvalue weighted by Crippen LogP contribution is 2.26. The first-order valence-electron chi connectivity index (χ1n) is 6.72. The summed E-state index contributed by atoms with van der Waals surface area (Å²) in [6.45, 7) is 8.00. The number of hydrogen-bond acceptors (Lipinski definition) is 3. The van der Waals surface area contributed by atoms with Gasteiger partial charge in [0.05, 0.1) is 23.2 Å². The summed E-state index contributed by atoms with van der Waals surface area (Å²) in [6, 6.07) is 8.41. The molecule has 1 heterocycles. The van der Waals surface area contributed by atoms with Crippen LogP contribution < -0.4 is 5.73 Å². The predicted molar refractivity (Wildman–Crippen MR) is 82.3 cm³/mol. The van der Waals surface area contributed by atoms with Crippen LogP contribution >= 0.6 is 12.2 Å². The molecule has 0 amide bonds. The number of rotatable bonds is 3. The van der Waals surface area contributed by atoms with Crippen LogP contribution in [0.3, 0.4) is 0 Å². The van der Waals surface area contributed by atoms with E-state index in [1.54, 1.807) is 0 Å². The van der Waals surface area contributed by atoms with Crippen LogP contribution in [0.15, 0.2) is 24.3 Å². The van der Waals surface area contributed by atoms with E-state index in [0.717, 1.165) is 13.1 Å². The largest absolute Gasteiger partial charge is 0.392 e. The van der Waals surface area contributed by atoms with Gasteiger partial charge in [0, 0.05) is 13.1 Å². The van der Waals surface area contributed by atoms with Crippen LogP contribution in [-0.2, 0) is 4.74 Å². The summed E-state index contributed by atoms with van der Waals surface area (Å²) in [4.78, 5) is 2.86. The zero-order chi connectivity index (χ0) is 14.0. The number of morpholine rings is 1. The highest BCUT2D eigenvalue weighted by molar-refractivity contribution is 7.80. The third-order valence-corrected chi connectivity index (χ3v) is 3.66. The van der Waals surface area contributed by atoms with E-state index >= 15 is 0 Å². The van der Waals surface area contributed by atoms with E-state index in [0.29, 0.717) is 4.99 Å². The lowest BCUT2D eigenvalue weighted by Gasteiger charge is -2.40. The molecule has 0 radical (unpaired) electrons. The van der Waals surface area contributed by atoms with Gasteiger partial charge in [-0.25, -0.2) is 0 Å². The number of nitrogens with two attached hydrogens (primary N) is 1. The predicted octanol–water partition coefficient (Wildman–Crippen LogP) is 2.43. The first-order valence-corrected chi connectivity index (χ1v) is 7.13. The van der Waals surface area contributed by atoms with Gasteiger partial charge in [0.15, 0.2) is 0 Å².